The van der Waals surface area contributed by atoms with Crippen molar-refractivity contribution in [2.24, 2.45) is 10.9 Å². The van der Waals surface area contributed by atoms with Gasteiger partial charge in [-0.25, -0.2) is 0 Å². The Morgan fingerprint density at radius 3 is 2.52 bits per heavy atom. The van der Waals surface area contributed by atoms with Crippen molar-refractivity contribution in [1.29, 1.82) is 0 Å². The van der Waals surface area contributed by atoms with Crippen LogP contribution in [-0.4, -0.2) is 68.1 Å². The average Bonchev–Trinajstić information content (AvgIpc) is 3.32. The molecule has 2 N–H and O–H groups in total. The highest BCUT2D eigenvalue weighted by molar-refractivity contribution is 14.0. The predicted octanol–water partition coefficient (Wildman–Crippen LogP) is 4.71. The number of piperidine rings is 2. The minimum absolute atomic E-state index is 0. The molecule has 0 amide bonds. The van der Waals surface area contributed by atoms with Crippen molar-refractivity contribution in [2.45, 2.75) is 75.9 Å². The van der Waals surface area contributed by atoms with E-state index in [1.54, 1.807) is 0 Å². The number of aliphatic imine (C=N–C) groups is 1. The van der Waals surface area contributed by atoms with Gasteiger partial charge < -0.3 is 15.5 Å². The Morgan fingerprint density at radius 1 is 1.06 bits per heavy atom. The fourth-order valence-corrected chi connectivity index (χ4v) is 6.84. The summed E-state index contributed by atoms with van der Waals surface area (Å²) in [5, 5.41) is 9.62. The van der Waals surface area contributed by atoms with E-state index in [4.69, 9.17) is 0 Å². The summed E-state index contributed by atoms with van der Waals surface area (Å²) in [5.74, 6) is 1.62. The zero-order chi connectivity index (χ0) is 20.8. The number of likely N-dealkylation sites (tertiary alicyclic amines) is 2. The first-order valence-corrected chi connectivity index (χ1v) is 13.1. The zero-order valence-corrected chi connectivity index (χ0v) is 22.5. The minimum Gasteiger partial charge on any atom is -0.356 e. The molecule has 3 aliphatic rings. The van der Waals surface area contributed by atoms with Crippen LogP contribution in [0.2, 0.25) is 0 Å². The molecule has 3 fully saturated rings. The summed E-state index contributed by atoms with van der Waals surface area (Å²) in [5.41, 5.74) is 0. The lowest BCUT2D eigenvalue weighted by Crippen LogP contribution is -2.52. The molecular weight excluding hydrogens is 517 g/mol. The fraction of sp³-hybridized carbons (Fsp3) is 0.792. The predicted molar refractivity (Wildman–Crippen MR) is 144 cm³/mol. The summed E-state index contributed by atoms with van der Waals surface area (Å²) >= 11 is 1.90. The third kappa shape index (κ3) is 6.81. The van der Waals surface area contributed by atoms with E-state index in [2.05, 4.69) is 50.0 Å². The topological polar surface area (TPSA) is 42.9 Å². The maximum absolute atomic E-state index is 4.55. The number of hydrogen-bond donors (Lipinski definition) is 2. The molecule has 3 heterocycles. The molecule has 4 rings (SSSR count). The normalized spacial score (nSPS) is 27.6. The smallest absolute Gasteiger partial charge is 0.191 e. The second-order valence-corrected chi connectivity index (χ2v) is 10.5. The van der Waals surface area contributed by atoms with Crippen LogP contribution in [0.1, 0.15) is 68.7 Å². The van der Waals surface area contributed by atoms with E-state index in [1.807, 2.05) is 18.4 Å². The molecule has 2 atom stereocenters. The van der Waals surface area contributed by atoms with Crippen LogP contribution in [0.5, 0.6) is 0 Å². The minimum atomic E-state index is 0. The molecule has 0 bridgehead atoms. The van der Waals surface area contributed by atoms with Crippen molar-refractivity contribution >= 4 is 41.3 Å². The van der Waals surface area contributed by atoms with Crippen LogP contribution in [0.3, 0.4) is 0 Å². The molecule has 0 spiro atoms. The molecule has 1 aromatic rings. The van der Waals surface area contributed by atoms with Crippen molar-refractivity contribution < 1.29 is 0 Å². The number of guanidine groups is 1. The zero-order valence-electron chi connectivity index (χ0n) is 19.4. The van der Waals surface area contributed by atoms with E-state index in [0.29, 0.717) is 18.0 Å². The summed E-state index contributed by atoms with van der Waals surface area (Å²) in [6, 6.07) is 6.43. The van der Waals surface area contributed by atoms with Crippen LogP contribution >= 0.6 is 35.3 Å². The second-order valence-electron chi connectivity index (χ2n) is 9.54. The van der Waals surface area contributed by atoms with Crippen LogP contribution in [-0.2, 0) is 0 Å². The van der Waals surface area contributed by atoms with E-state index in [9.17, 15) is 0 Å². The lowest BCUT2D eigenvalue weighted by Gasteiger charge is -2.40. The highest BCUT2D eigenvalue weighted by Crippen LogP contribution is 2.36. The van der Waals surface area contributed by atoms with Gasteiger partial charge in [-0.15, -0.1) is 35.3 Å². The maximum atomic E-state index is 4.55. The molecule has 7 heteroatoms. The molecule has 5 nitrogen and oxygen atoms in total. The highest BCUT2D eigenvalue weighted by Gasteiger charge is 2.31. The van der Waals surface area contributed by atoms with Crippen molar-refractivity contribution in [2.75, 3.05) is 40.3 Å². The lowest BCUT2D eigenvalue weighted by molar-refractivity contribution is 0.118. The maximum Gasteiger partial charge on any atom is 0.191 e. The van der Waals surface area contributed by atoms with Crippen molar-refractivity contribution in [3.8, 4) is 0 Å². The Bertz CT molecular complexity index is 653. The van der Waals surface area contributed by atoms with E-state index in [1.165, 1.54) is 82.3 Å². The first kappa shape index (κ1) is 25.2. The third-order valence-corrected chi connectivity index (χ3v) is 8.50. The molecule has 2 saturated heterocycles. The molecule has 1 aromatic heterocycles. The molecule has 0 radical (unpaired) electrons. The highest BCUT2D eigenvalue weighted by atomic mass is 127. The SMILES string of the molecule is CN=C(NCC1CCCN(C)C1c1cccs1)NC1CCN(C2CCCCC2)CC1.I. The first-order chi connectivity index (χ1) is 14.7. The standard InChI is InChI=1S/C24H41N5S.HI/c1-25-24(27-20-12-15-29(16-13-20)21-9-4-3-5-10-21)26-18-19-8-6-14-28(2)23(19)22-11-7-17-30-22;/h7,11,17,19-21,23H,3-6,8-10,12-16,18H2,1-2H3,(H2,25,26,27);1H. The van der Waals surface area contributed by atoms with E-state index in [0.717, 1.165) is 18.5 Å². The number of thiophene rings is 1. The van der Waals surface area contributed by atoms with Gasteiger partial charge in [-0.2, -0.15) is 0 Å². The van der Waals surface area contributed by atoms with Gasteiger partial charge >= 0.3 is 0 Å². The largest absolute Gasteiger partial charge is 0.356 e. The molecule has 31 heavy (non-hydrogen) atoms. The summed E-state index contributed by atoms with van der Waals surface area (Å²) in [6.07, 6.45) is 12.2. The Kier molecular flexibility index (Phi) is 10.4. The Balaban J connectivity index is 0.00000272. The molecule has 0 aromatic carbocycles. The van der Waals surface area contributed by atoms with Gasteiger partial charge in [-0.3, -0.25) is 9.89 Å². The molecule has 1 saturated carbocycles. The van der Waals surface area contributed by atoms with Gasteiger partial charge in [0.25, 0.3) is 0 Å². The van der Waals surface area contributed by atoms with Gasteiger partial charge in [0.2, 0.25) is 0 Å². The molecule has 1 aliphatic carbocycles. The third-order valence-electron chi connectivity index (χ3n) is 7.56. The summed E-state index contributed by atoms with van der Waals surface area (Å²) in [6.45, 7) is 4.68. The van der Waals surface area contributed by atoms with Gasteiger partial charge in [0.05, 0.1) is 0 Å². The molecule has 2 unspecified atom stereocenters. The Morgan fingerprint density at radius 2 is 1.84 bits per heavy atom. The summed E-state index contributed by atoms with van der Waals surface area (Å²) in [7, 11) is 4.19. The van der Waals surface area contributed by atoms with Crippen LogP contribution in [0.4, 0.5) is 0 Å². The van der Waals surface area contributed by atoms with E-state index in [-0.39, 0.29) is 24.0 Å². The number of halogens is 1. The van der Waals surface area contributed by atoms with Crippen molar-refractivity contribution in [3.05, 3.63) is 22.4 Å². The number of nitrogens with zero attached hydrogens (tertiary/aromatic N) is 3. The van der Waals surface area contributed by atoms with Crippen LogP contribution in [0.15, 0.2) is 22.5 Å². The quantitative estimate of drug-likeness (QED) is 0.312. The second kappa shape index (κ2) is 12.8. The van der Waals surface area contributed by atoms with Gasteiger partial charge in [-0.05, 0) is 69.5 Å². The van der Waals surface area contributed by atoms with Crippen LogP contribution in [0.25, 0.3) is 0 Å². The number of rotatable bonds is 5. The van der Waals surface area contributed by atoms with Gasteiger partial charge in [0.15, 0.2) is 5.96 Å². The fourth-order valence-electron chi connectivity index (χ4n) is 5.85. The Hall–Kier alpha value is -0.380. The van der Waals surface area contributed by atoms with E-state index < -0.39 is 0 Å². The molecule has 2 aliphatic heterocycles. The number of hydrogen-bond acceptors (Lipinski definition) is 4. The van der Waals surface area contributed by atoms with Crippen molar-refractivity contribution in [3.63, 3.8) is 0 Å². The lowest BCUT2D eigenvalue weighted by atomic mass is 9.88. The van der Waals surface area contributed by atoms with Gasteiger partial charge in [0, 0.05) is 49.7 Å². The molecule has 176 valence electrons. The first-order valence-electron chi connectivity index (χ1n) is 12.2. The van der Waals surface area contributed by atoms with Crippen LogP contribution < -0.4 is 10.6 Å². The monoisotopic (exact) mass is 559 g/mol. The number of nitrogens with one attached hydrogen (secondary N) is 2. The van der Waals surface area contributed by atoms with Gasteiger partial charge in [-0.1, -0.05) is 25.3 Å². The van der Waals surface area contributed by atoms with E-state index >= 15 is 0 Å². The summed E-state index contributed by atoms with van der Waals surface area (Å²) in [4.78, 5) is 11.4. The average molecular weight is 560 g/mol. The summed E-state index contributed by atoms with van der Waals surface area (Å²) < 4.78 is 0. The Labute approximate surface area is 210 Å². The van der Waals surface area contributed by atoms with Crippen LogP contribution in [0, 0.1) is 5.92 Å². The molecular formula is C24H42IN5S. The van der Waals surface area contributed by atoms with Crippen molar-refractivity contribution in [1.82, 2.24) is 20.4 Å². The van der Waals surface area contributed by atoms with Gasteiger partial charge in [0.1, 0.15) is 0 Å².